The SMILES string of the molecule is O=C(O)c1cccc2[nH]c(C(F)(F)F)c(Cl)c12. The van der Waals surface area contributed by atoms with E-state index < -0.39 is 22.9 Å². The number of hydrogen-bond donors (Lipinski definition) is 2. The van der Waals surface area contributed by atoms with Gasteiger partial charge in [0.05, 0.1) is 10.6 Å². The second kappa shape index (κ2) is 3.66. The Morgan fingerprint density at radius 2 is 2.00 bits per heavy atom. The van der Waals surface area contributed by atoms with Crippen LogP contribution in [0.1, 0.15) is 16.1 Å². The van der Waals surface area contributed by atoms with Crippen molar-refractivity contribution < 1.29 is 23.1 Å². The van der Waals surface area contributed by atoms with Crippen LogP contribution in [0.5, 0.6) is 0 Å². The molecule has 0 bridgehead atoms. The van der Waals surface area contributed by atoms with Crippen molar-refractivity contribution in [2.75, 3.05) is 0 Å². The summed E-state index contributed by atoms with van der Waals surface area (Å²) in [5.41, 5.74) is -1.36. The van der Waals surface area contributed by atoms with Gasteiger partial charge in [-0.05, 0) is 12.1 Å². The molecule has 0 aliphatic carbocycles. The highest BCUT2D eigenvalue weighted by Gasteiger charge is 2.36. The normalized spacial score (nSPS) is 12.0. The van der Waals surface area contributed by atoms with Crippen molar-refractivity contribution in [3.8, 4) is 0 Å². The molecule has 0 radical (unpaired) electrons. The summed E-state index contributed by atoms with van der Waals surface area (Å²) in [6, 6.07) is 3.88. The van der Waals surface area contributed by atoms with Crippen LogP contribution in [0, 0.1) is 0 Å². The fourth-order valence-corrected chi connectivity index (χ4v) is 1.94. The molecule has 1 aromatic heterocycles. The first kappa shape index (κ1) is 11.8. The van der Waals surface area contributed by atoms with E-state index in [0.717, 1.165) is 0 Å². The Morgan fingerprint density at radius 3 is 2.53 bits per heavy atom. The summed E-state index contributed by atoms with van der Waals surface area (Å²) in [6.07, 6.45) is -4.65. The number of H-pyrrole nitrogens is 1. The molecule has 2 aromatic rings. The number of aromatic amines is 1. The van der Waals surface area contributed by atoms with Gasteiger partial charge < -0.3 is 10.1 Å². The molecule has 7 heteroatoms. The predicted octanol–water partition coefficient (Wildman–Crippen LogP) is 3.54. The number of carboxylic acids is 1. The number of benzene rings is 1. The first-order chi connectivity index (χ1) is 7.82. The monoisotopic (exact) mass is 263 g/mol. The molecule has 2 rings (SSSR count). The quantitative estimate of drug-likeness (QED) is 0.827. The van der Waals surface area contributed by atoms with E-state index in [2.05, 4.69) is 4.98 Å². The van der Waals surface area contributed by atoms with Gasteiger partial charge in [-0.3, -0.25) is 0 Å². The lowest BCUT2D eigenvalue weighted by molar-refractivity contribution is -0.140. The molecule has 2 N–H and O–H groups in total. The van der Waals surface area contributed by atoms with E-state index in [1.807, 2.05) is 0 Å². The van der Waals surface area contributed by atoms with Crippen LogP contribution in [0.25, 0.3) is 10.9 Å². The minimum atomic E-state index is -4.65. The fourth-order valence-electron chi connectivity index (χ4n) is 1.58. The number of alkyl halides is 3. The molecule has 90 valence electrons. The van der Waals surface area contributed by atoms with Crippen molar-refractivity contribution in [1.29, 1.82) is 0 Å². The van der Waals surface area contributed by atoms with Gasteiger partial charge in [-0.25, -0.2) is 4.79 Å². The summed E-state index contributed by atoms with van der Waals surface area (Å²) in [6.45, 7) is 0. The number of carboxylic acid groups (broad SMARTS) is 1. The van der Waals surface area contributed by atoms with Crippen molar-refractivity contribution in [3.05, 3.63) is 34.5 Å². The summed E-state index contributed by atoms with van der Waals surface area (Å²) < 4.78 is 37.7. The van der Waals surface area contributed by atoms with Crippen LogP contribution in [0.2, 0.25) is 5.02 Å². The molecular weight excluding hydrogens is 259 g/mol. The zero-order valence-corrected chi connectivity index (χ0v) is 8.86. The molecule has 1 aromatic carbocycles. The van der Waals surface area contributed by atoms with Gasteiger partial charge in [0.1, 0.15) is 5.69 Å². The third-order valence-corrected chi connectivity index (χ3v) is 2.65. The van der Waals surface area contributed by atoms with Crippen LogP contribution in [0.4, 0.5) is 13.2 Å². The minimum Gasteiger partial charge on any atom is -0.478 e. The predicted molar refractivity (Wildman–Crippen MR) is 55.3 cm³/mol. The molecule has 3 nitrogen and oxygen atoms in total. The van der Waals surface area contributed by atoms with E-state index in [0.29, 0.717) is 0 Å². The maximum Gasteiger partial charge on any atom is 0.432 e. The average molecular weight is 264 g/mol. The molecule has 0 unspecified atom stereocenters. The lowest BCUT2D eigenvalue weighted by atomic mass is 10.1. The van der Waals surface area contributed by atoms with Crippen LogP contribution < -0.4 is 0 Å². The molecule has 0 amide bonds. The molecular formula is C10H5ClF3NO2. The number of hydrogen-bond acceptors (Lipinski definition) is 1. The minimum absolute atomic E-state index is 0.0437. The van der Waals surface area contributed by atoms with Gasteiger partial charge in [0.15, 0.2) is 0 Å². The highest BCUT2D eigenvalue weighted by Crippen LogP contribution is 2.39. The maximum atomic E-state index is 12.6. The van der Waals surface area contributed by atoms with Crippen LogP contribution in [-0.2, 0) is 6.18 Å². The van der Waals surface area contributed by atoms with Crippen molar-refractivity contribution in [1.82, 2.24) is 4.98 Å². The number of fused-ring (bicyclic) bond motifs is 1. The molecule has 1 heterocycles. The van der Waals surface area contributed by atoms with Crippen molar-refractivity contribution >= 4 is 28.5 Å². The smallest absolute Gasteiger partial charge is 0.432 e. The van der Waals surface area contributed by atoms with Gasteiger partial charge in [0.2, 0.25) is 0 Å². The van der Waals surface area contributed by atoms with E-state index in [1.165, 1.54) is 18.2 Å². The maximum absolute atomic E-state index is 12.6. The number of aromatic nitrogens is 1. The molecule has 0 fully saturated rings. The number of nitrogens with one attached hydrogen (secondary N) is 1. The Morgan fingerprint density at radius 1 is 1.35 bits per heavy atom. The molecule has 17 heavy (non-hydrogen) atoms. The molecule has 0 atom stereocenters. The number of aromatic carboxylic acids is 1. The molecule has 0 aliphatic rings. The first-order valence-electron chi connectivity index (χ1n) is 4.43. The van der Waals surface area contributed by atoms with E-state index in [-0.39, 0.29) is 16.5 Å². The Bertz CT molecular complexity index is 603. The van der Waals surface area contributed by atoms with Crippen LogP contribution in [0.15, 0.2) is 18.2 Å². The standard InChI is InChI=1S/C10H5ClF3NO2/c11-7-6-4(9(16)17)2-1-3-5(6)15-8(7)10(12,13)14/h1-3,15H,(H,16,17). The van der Waals surface area contributed by atoms with Gasteiger partial charge in [-0.15, -0.1) is 0 Å². The van der Waals surface area contributed by atoms with Crippen LogP contribution in [-0.4, -0.2) is 16.1 Å². The topological polar surface area (TPSA) is 53.1 Å². The van der Waals surface area contributed by atoms with Gasteiger partial charge in [0.25, 0.3) is 0 Å². The largest absolute Gasteiger partial charge is 0.478 e. The fraction of sp³-hybridized carbons (Fsp3) is 0.100. The summed E-state index contributed by atoms with van der Waals surface area (Å²) >= 11 is 5.58. The second-order valence-electron chi connectivity index (χ2n) is 3.35. The Balaban J connectivity index is 2.84. The lowest BCUT2D eigenvalue weighted by Crippen LogP contribution is -2.05. The summed E-state index contributed by atoms with van der Waals surface area (Å²) in [4.78, 5) is 13.0. The summed E-state index contributed by atoms with van der Waals surface area (Å²) in [7, 11) is 0. The third kappa shape index (κ3) is 1.84. The van der Waals surface area contributed by atoms with E-state index in [9.17, 15) is 18.0 Å². The van der Waals surface area contributed by atoms with E-state index in [4.69, 9.17) is 16.7 Å². The third-order valence-electron chi connectivity index (χ3n) is 2.28. The highest BCUT2D eigenvalue weighted by molar-refractivity contribution is 6.37. The van der Waals surface area contributed by atoms with Crippen LogP contribution in [0.3, 0.4) is 0 Å². The van der Waals surface area contributed by atoms with Crippen LogP contribution >= 0.6 is 11.6 Å². The van der Waals surface area contributed by atoms with Crippen molar-refractivity contribution in [3.63, 3.8) is 0 Å². The average Bonchev–Trinajstić information content (AvgIpc) is 2.55. The van der Waals surface area contributed by atoms with Crippen molar-refractivity contribution in [2.45, 2.75) is 6.18 Å². The molecule has 0 saturated carbocycles. The second-order valence-corrected chi connectivity index (χ2v) is 3.72. The molecule has 0 saturated heterocycles. The van der Waals surface area contributed by atoms with Gasteiger partial charge in [-0.1, -0.05) is 17.7 Å². The van der Waals surface area contributed by atoms with E-state index >= 15 is 0 Å². The lowest BCUT2D eigenvalue weighted by Gasteiger charge is -2.03. The zero-order valence-electron chi connectivity index (χ0n) is 8.10. The Labute approximate surface area is 97.8 Å². The molecule has 0 aliphatic heterocycles. The summed E-state index contributed by atoms with van der Waals surface area (Å²) in [5.74, 6) is -1.33. The summed E-state index contributed by atoms with van der Waals surface area (Å²) in [5, 5.41) is 8.12. The Hall–Kier alpha value is -1.69. The number of rotatable bonds is 1. The van der Waals surface area contributed by atoms with E-state index in [1.54, 1.807) is 0 Å². The zero-order chi connectivity index (χ0) is 12.8. The van der Waals surface area contributed by atoms with Gasteiger partial charge in [-0.2, -0.15) is 13.2 Å². The van der Waals surface area contributed by atoms with Gasteiger partial charge >= 0.3 is 12.1 Å². The van der Waals surface area contributed by atoms with Crippen molar-refractivity contribution in [2.24, 2.45) is 0 Å². The molecule has 0 spiro atoms. The van der Waals surface area contributed by atoms with Gasteiger partial charge in [0, 0.05) is 10.9 Å². The first-order valence-corrected chi connectivity index (χ1v) is 4.81. The Kier molecular flexibility index (Phi) is 2.54. The number of carbonyl (C=O) groups is 1. The number of halogens is 4. The highest BCUT2D eigenvalue weighted by atomic mass is 35.5.